The van der Waals surface area contributed by atoms with Gasteiger partial charge in [-0.1, -0.05) is 0 Å². The van der Waals surface area contributed by atoms with E-state index in [1.165, 1.54) is 7.11 Å². The lowest BCUT2D eigenvalue weighted by Gasteiger charge is -2.25. The van der Waals surface area contributed by atoms with E-state index in [0.717, 1.165) is 12.1 Å². The fourth-order valence-electron chi connectivity index (χ4n) is 1.69. The Balaban J connectivity index is 3.09. The first kappa shape index (κ1) is 15.2. The average molecular weight is 272 g/mol. The molecule has 0 amide bonds. The van der Waals surface area contributed by atoms with Gasteiger partial charge in [0, 0.05) is 26.3 Å². The number of halogens is 1. The van der Waals surface area contributed by atoms with Gasteiger partial charge in [-0.2, -0.15) is 0 Å². The Morgan fingerprint density at radius 3 is 2.68 bits per heavy atom. The van der Waals surface area contributed by atoms with Crippen molar-refractivity contribution in [1.29, 1.82) is 0 Å². The molecule has 0 radical (unpaired) electrons. The number of benzene rings is 1. The summed E-state index contributed by atoms with van der Waals surface area (Å²) in [7, 11) is 1.52. The third kappa shape index (κ3) is 3.80. The van der Waals surface area contributed by atoms with Gasteiger partial charge < -0.3 is 25.6 Å². The molecule has 0 unspecified atom stereocenters. The number of ether oxygens (including phenoxy) is 1. The fourth-order valence-corrected chi connectivity index (χ4v) is 1.69. The van der Waals surface area contributed by atoms with Gasteiger partial charge in [0.05, 0.1) is 30.2 Å². The number of rotatable bonds is 7. The molecule has 6 nitrogen and oxygen atoms in total. The molecular formula is C12H17FN2O4. The number of hydrogen-bond donors (Lipinski definition) is 3. The van der Waals surface area contributed by atoms with E-state index in [4.69, 9.17) is 20.7 Å². The number of nitrogens with two attached hydrogens (primary N) is 1. The third-order valence-electron chi connectivity index (χ3n) is 2.62. The summed E-state index contributed by atoms with van der Waals surface area (Å²) in [6.07, 6.45) is 0. The maximum Gasteiger partial charge on any atom is 0.338 e. The minimum Gasteiger partial charge on any atom is -0.478 e. The van der Waals surface area contributed by atoms with Crippen molar-refractivity contribution >= 4 is 17.3 Å². The summed E-state index contributed by atoms with van der Waals surface area (Å²) >= 11 is 0. The van der Waals surface area contributed by atoms with Crippen LogP contribution in [-0.2, 0) is 4.74 Å². The van der Waals surface area contributed by atoms with Gasteiger partial charge in [-0.3, -0.25) is 0 Å². The highest BCUT2D eigenvalue weighted by molar-refractivity contribution is 5.90. The van der Waals surface area contributed by atoms with Crippen molar-refractivity contribution in [2.75, 3.05) is 44.0 Å². The first-order valence-electron chi connectivity index (χ1n) is 5.68. The third-order valence-corrected chi connectivity index (χ3v) is 2.62. The fraction of sp³-hybridized carbons (Fsp3) is 0.417. The van der Waals surface area contributed by atoms with Gasteiger partial charge in [0.25, 0.3) is 0 Å². The standard InChI is InChI=1S/C12H17FN2O4/c1-19-5-3-15(2-4-16)11-7-9(13)8(12(17)18)6-10(11)14/h6-7,16H,2-5,14H2,1H3,(H,17,18). The lowest BCUT2D eigenvalue weighted by Crippen LogP contribution is -2.31. The van der Waals surface area contributed by atoms with Gasteiger partial charge >= 0.3 is 5.97 Å². The lowest BCUT2D eigenvalue weighted by atomic mass is 10.1. The van der Waals surface area contributed by atoms with Crippen LogP contribution in [0.4, 0.5) is 15.8 Å². The Hall–Kier alpha value is -1.86. The lowest BCUT2D eigenvalue weighted by molar-refractivity contribution is 0.0692. The zero-order valence-corrected chi connectivity index (χ0v) is 10.6. The molecule has 0 aliphatic rings. The molecule has 0 spiro atoms. The van der Waals surface area contributed by atoms with Crippen LogP contribution in [0.1, 0.15) is 10.4 Å². The molecule has 0 atom stereocenters. The molecule has 19 heavy (non-hydrogen) atoms. The summed E-state index contributed by atoms with van der Waals surface area (Å²) in [5, 5.41) is 17.8. The number of carboxylic acids is 1. The van der Waals surface area contributed by atoms with Crippen molar-refractivity contribution in [3.05, 3.63) is 23.5 Å². The number of aliphatic hydroxyl groups excluding tert-OH is 1. The Kier molecular flexibility index (Phi) is 5.53. The Labute approximate surface area is 110 Å². The van der Waals surface area contributed by atoms with Crippen LogP contribution >= 0.6 is 0 Å². The van der Waals surface area contributed by atoms with Crippen LogP contribution in [0, 0.1) is 5.82 Å². The molecule has 1 aromatic rings. The van der Waals surface area contributed by atoms with Crippen LogP contribution in [0.2, 0.25) is 0 Å². The number of aromatic carboxylic acids is 1. The summed E-state index contributed by atoms with van der Waals surface area (Å²) in [4.78, 5) is 12.4. The minimum atomic E-state index is -1.37. The zero-order chi connectivity index (χ0) is 14.4. The van der Waals surface area contributed by atoms with Crippen molar-refractivity contribution in [2.24, 2.45) is 0 Å². The van der Waals surface area contributed by atoms with Crippen LogP contribution < -0.4 is 10.6 Å². The molecule has 0 heterocycles. The monoisotopic (exact) mass is 272 g/mol. The van der Waals surface area contributed by atoms with E-state index in [2.05, 4.69) is 0 Å². The van der Waals surface area contributed by atoms with Crippen LogP contribution in [0.3, 0.4) is 0 Å². The summed E-state index contributed by atoms with van der Waals surface area (Å²) in [6, 6.07) is 2.13. The van der Waals surface area contributed by atoms with Crippen molar-refractivity contribution in [3.63, 3.8) is 0 Å². The van der Waals surface area contributed by atoms with Crippen LogP contribution in [0.5, 0.6) is 0 Å². The van der Waals surface area contributed by atoms with E-state index in [9.17, 15) is 9.18 Å². The summed E-state index contributed by atoms with van der Waals surface area (Å²) < 4.78 is 18.6. The van der Waals surface area contributed by atoms with Gasteiger partial charge in [-0.25, -0.2) is 9.18 Å². The quantitative estimate of drug-likeness (QED) is 0.627. The molecule has 0 saturated heterocycles. The smallest absolute Gasteiger partial charge is 0.338 e. The van der Waals surface area contributed by atoms with Gasteiger partial charge in [0.2, 0.25) is 0 Å². The molecular weight excluding hydrogens is 255 g/mol. The highest BCUT2D eigenvalue weighted by Gasteiger charge is 2.17. The summed E-state index contributed by atoms with van der Waals surface area (Å²) in [5.74, 6) is -2.24. The maximum absolute atomic E-state index is 13.6. The Morgan fingerprint density at radius 2 is 2.16 bits per heavy atom. The van der Waals surface area contributed by atoms with Gasteiger partial charge in [0.15, 0.2) is 0 Å². The number of hydrogen-bond acceptors (Lipinski definition) is 5. The highest BCUT2D eigenvalue weighted by atomic mass is 19.1. The molecule has 0 fully saturated rings. The number of anilines is 2. The van der Waals surface area contributed by atoms with Crippen molar-refractivity contribution in [3.8, 4) is 0 Å². The van der Waals surface area contributed by atoms with E-state index in [0.29, 0.717) is 18.8 Å². The number of aliphatic hydroxyl groups is 1. The molecule has 0 aromatic heterocycles. The number of nitrogen functional groups attached to an aromatic ring is 1. The number of methoxy groups -OCH3 is 1. The minimum absolute atomic E-state index is 0.133. The first-order valence-corrected chi connectivity index (χ1v) is 5.68. The number of carboxylic acid groups (broad SMARTS) is 1. The molecule has 0 saturated carbocycles. The van der Waals surface area contributed by atoms with E-state index < -0.39 is 17.3 Å². The second kappa shape index (κ2) is 6.91. The van der Waals surface area contributed by atoms with Gasteiger partial charge in [-0.05, 0) is 6.07 Å². The van der Waals surface area contributed by atoms with E-state index >= 15 is 0 Å². The largest absolute Gasteiger partial charge is 0.478 e. The van der Waals surface area contributed by atoms with Crippen molar-refractivity contribution in [1.82, 2.24) is 0 Å². The zero-order valence-electron chi connectivity index (χ0n) is 10.6. The molecule has 4 N–H and O–H groups in total. The predicted octanol–water partition coefficient (Wildman–Crippen LogP) is 0.551. The van der Waals surface area contributed by atoms with Crippen LogP contribution in [0.15, 0.2) is 12.1 Å². The van der Waals surface area contributed by atoms with Crippen molar-refractivity contribution < 1.29 is 24.1 Å². The molecule has 0 aliphatic heterocycles. The molecule has 0 bridgehead atoms. The Morgan fingerprint density at radius 1 is 1.47 bits per heavy atom. The SMILES string of the molecule is COCCN(CCO)c1cc(F)c(C(=O)O)cc1N. The average Bonchev–Trinajstić information content (AvgIpc) is 2.36. The van der Waals surface area contributed by atoms with Gasteiger partial charge in [0.1, 0.15) is 5.82 Å². The first-order chi connectivity index (χ1) is 9.01. The molecule has 106 valence electrons. The Bertz CT molecular complexity index is 454. The topological polar surface area (TPSA) is 96.0 Å². The summed E-state index contributed by atoms with van der Waals surface area (Å²) in [6.45, 7) is 0.903. The summed E-state index contributed by atoms with van der Waals surface area (Å²) in [5.41, 5.74) is 5.75. The molecule has 7 heteroatoms. The molecule has 1 rings (SSSR count). The molecule has 1 aromatic carbocycles. The van der Waals surface area contributed by atoms with E-state index in [-0.39, 0.29) is 18.8 Å². The number of nitrogens with zero attached hydrogens (tertiary/aromatic N) is 1. The number of carbonyl (C=O) groups is 1. The van der Waals surface area contributed by atoms with Crippen LogP contribution in [-0.4, -0.2) is 49.6 Å². The molecule has 0 aliphatic carbocycles. The van der Waals surface area contributed by atoms with Crippen LogP contribution in [0.25, 0.3) is 0 Å². The van der Waals surface area contributed by atoms with Gasteiger partial charge in [-0.15, -0.1) is 0 Å². The second-order valence-corrected chi connectivity index (χ2v) is 3.90. The second-order valence-electron chi connectivity index (χ2n) is 3.90. The van der Waals surface area contributed by atoms with Crippen molar-refractivity contribution in [2.45, 2.75) is 0 Å². The van der Waals surface area contributed by atoms with E-state index in [1.54, 1.807) is 4.90 Å². The maximum atomic E-state index is 13.6. The van der Waals surface area contributed by atoms with E-state index in [1.807, 2.05) is 0 Å². The predicted molar refractivity (Wildman–Crippen MR) is 68.9 cm³/mol. The highest BCUT2D eigenvalue weighted by Crippen LogP contribution is 2.26. The normalized spacial score (nSPS) is 10.5.